The predicted octanol–water partition coefficient (Wildman–Crippen LogP) is 2.41. The summed E-state index contributed by atoms with van der Waals surface area (Å²) in [5, 5.41) is 22.8. The summed E-state index contributed by atoms with van der Waals surface area (Å²) in [4.78, 5) is 2.21. The van der Waals surface area contributed by atoms with Gasteiger partial charge in [0.15, 0.2) is 0 Å². The van der Waals surface area contributed by atoms with Crippen LogP contribution in [0.2, 0.25) is 0 Å². The normalized spacial score (nSPS) is 16.8. The molecule has 0 aliphatic heterocycles. The maximum absolute atomic E-state index is 10.2. The molecule has 0 spiro atoms. The molecule has 2 rings (SSSR count). The Morgan fingerprint density at radius 2 is 2.15 bits per heavy atom. The number of aliphatic hydroxyl groups is 1. The van der Waals surface area contributed by atoms with E-state index in [4.69, 9.17) is 0 Å². The molecule has 0 saturated heterocycles. The third-order valence-corrected chi connectivity index (χ3v) is 4.18. The first-order chi connectivity index (χ1) is 9.67. The molecule has 1 aliphatic rings. The van der Waals surface area contributed by atoms with Crippen molar-refractivity contribution in [3.8, 4) is 5.75 Å². The molecule has 1 aliphatic carbocycles. The summed E-state index contributed by atoms with van der Waals surface area (Å²) in [6, 6.07) is 6.53. The van der Waals surface area contributed by atoms with E-state index >= 15 is 0 Å². The average molecular weight is 278 g/mol. The van der Waals surface area contributed by atoms with Gasteiger partial charge in [0.2, 0.25) is 0 Å². The van der Waals surface area contributed by atoms with Crippen molar-refractivity contribution in [2.75, 3.05) is 24.6 Å². The Bertz CT molecular complexity index is 432. The molecule has 20 heavy (non-hydrogen) atoms. The van der Waals surface area contributed by atoms with Crippen LogP contribution in [-0.2, 0) is 0 Å². The standard InChI is InChI=1S/C16H26N2O2/c1-3-17-12(2)15-8-7-14(11-16(15)20)18(9-10-19)13-5-4-6-13/h7-8,11-13,17,19-20H,3-6,9-10H2,1-2H3. The minimum Gasteiger partial charge on any atom is -0.508 e. The highest BCUT2D eigenvalue weighted by atomic mass is 16.3. The van der Waals surface area contributed by atoms with Gasteiger partial charge in [-0.1, -0.05) is 13.0 Å². The zero-order valence-electron chi connectivity index (χ0n) is 12.5. The molecule has 0 radical (unpaired) electrons. The first-order valence-electron chi connectivity index (χ1n) is 7.61. The quantitative estimate of drug-likeness (QED) is 0.717. The van der Waals surface area contributed by atoms with Crippen LogP contribution in [-0.4, -0.2) is 36.0 Å². The molecular formula is C16H26N2O2. The van der Waals surface area contributed by atoms with Gasteiger partial charge in [-0.15, -0.1) is 0 Å². The molecule has 0 heterocycles. The highest BCUT2D eigenvalue weighted by Gasteiger charge is 2.25. The second-order valence-electron chi connectivity index (χ2n) is 5.52. The van der Waals surface area contributed by atoms with Gasteiger partial charge in [0.1, 0.15) is 5.75 Å². The molecule has 3 N–H and O–H groups in total. The second kappa shape index (κ2) is 6.95. The summed E-state index contributed by atoms with van der Waals surface area (Å²) in [5.41, 5.74) is 1.93. The molecule has 1 atom stereocenters. The summed E-state index contributed by atoms with van der Waals surface area (Å²) in [6.45, 7) is 5.76. The molecule has 4 heteroatoms. The van der Waals surface area contributed by atoms with E-state index in [1.54, 1.807) is 0 Å². The number of aliphatic hydroxyl groups excluding tert-OH is 1. The van der Waals surface area contributed by atoms with Crippen molar-refractivity contribution in [2.24, 2.45) is 0 Å². The van der Waals surface area contributed by atoms with Gasteiger partial charge in [0, 0.05) is 35.9 Å². The van der Waals surface area contributed by atoms with Crippen molar-refractivity contribution in [1.29, 1.82) is 0 Å². The minimum absolute atomic E-state index is 0.143. The smallest absolute Gasteiger partial charge is 0.122 e. The van der Waals surface area contributed by atoms with E-state index in [-0.39, 0.29) is 12.6 Å². The van der Waals surface area contributed by atoms with E-state index in [0.717, 1.165) is 17.8 Å². The molecule has 0 bridgehead atoms. The van der Waals surface area contributed by atoms with Gasteiger partial charge in [0.05, 0.1) is 6.61 Å². The fraction of sp³-hybridized carbons (Fsp3) is 0.625. The lowest BCUT2D eigenvalue weighted by molar-refractivity contribution is 0.283. The Hall–Kier alpha value is -1.26. The number of hydrogen-bond donors (Lipinski definition) is 3. The van der Waals surface area contributed by atoms with Gasteiger partial charge in [0.25, 0.3) is 0 Å². The summed E-state index contributed by atoms with van der Waals surface area (Å²) in [7, 11) is 0. The molecule has 4 nitrogen and oxygen atoms in total. The minimum atomic E-state index is 0.143. The van der Waals surface area contributed by atoms with E-state index in [0.29, 0.717) is 18.3 Å². The van der Waals surface area contributed by atoms with Gasteiger partial charge in [-0.2, -0.15) is 0 Å². The number of nitrogens with zero attached hydrogens (tertiary/aromatic N) is 1. The molecule has 0 aromatic heterocycles. The molecular weight excluding hydrogens is 252 g/mol. The van der Waals surface area contributed by atoms with Crippen LogP contribution < -0.4 is 10.2 Å². The molecule has 1 aromatic carbocycles. The van der Waals surface area contributed by atoms with Crippen LogP contribution in [0.3, 0.4) is 0 Å². The molecule has 0 amide bonds. The summed E-state index contributed by atoms with van der Waals surface area (Å²) >= 11 is 0. The Balaban J connectivity index is 2.17. The summed E-state index contributed by atoms with van der Waals surface area (Å²) < 4.78 is 0. The first kappa shape index (κ1) is 15.1. The average Bonchev–Trinajstić information content (AvgIpc) is 2.36. The van der Waals surface area contributed by atoms with E-state index < -0.39 is 0 Å². The van der Waals surface area contributed by atoms with Crippen LogP contribution in [0.1, 0.15) is 44.7 Å². The zero-order chi connectivity index (χ0) is 14.5. The number of phenolic OH excluding ortho intramolecular Hbond substituents is 1. The summed E-state index contributed by atoms with van der Waals surface area (Å²) in [6.07, 6.45) is 3.61. The van der Waals surface area contributed by atoms with Gasteiger partial charge in [-0.3, -0.25) is 0 Å². The molecule has 1 aromatic rings. The second-order valence-corrected chi connectivity index (χ2v) is 5.52. The first-order valence-corrected chi connectivity index (χ1v) is 7.61. The monoisotopic (exact) mass is 278 g/mol. The number of hydrogen-bond acceptors (Lipinski definition) is 4. The maximum atomic E-state index is 10.2. The van der Waals surface area contributed by atoms with Crippen molar-refractivity contribution < 1.29 is 10.2 Å². The van der Waals surface area contributed by atoms with Crippen molar-refractivity contribution in [2.45, 2.75) is 45.2 Å². The van der Waals surface area contributed by atoms with Crippen LogP contribution in [0, 0.1) is 0 Å². The van der Waals surface area contributed by atoms with Crippen molar-refractivity contribution in [3.05, 3.63) is 23.8 Å². The van der Waals surface area contributed by atoms with Crippen LogP contribution in [0.4, 0.5) is 5.69 Å². The van der Waals surface area contributed by atoms with E-state index in [9.17, 15) is 10.2 Å². The van der Waals surface area contributed by atoms with Crippen LogP contribution in [0.5, 0.6) is 5.75 Å². The van der Waals surface area contributed by atoms with Gasteiger partial charge in [-0.25, -0.2) is 0 Å². The fourth-order valence-electron chi connectivity index (χ4n) is 2.82. The number of nitrogens with one attached hydrogen (secondary N) is 1. The lowest BCUT2D eigenvalue weighted by Crippen LogP contribution is -2.41. The third kappa shape index (κ3) is 3.25. The maximum Gasteiger partial charge on any atom is 0.122 e. The number of anilines is 1. The van der Waals surface area contributed by atoms with Crippen LogP contribution >= 0.6 is 0 Å². The Morgan fingerprint density at radius 3 is 2.65 bits per heavy atom. The van der Waals surface area contributed by atoms with Crippen LogP contribution in [0.15, 0.2) is 18.2 Å². The highest BCUT2D eigenvalue weighted by Crippen LogP contribution is 2.33. The molecule has 1 unspecified atom stereocenters. The number of rotatable bonds is 7. The fourth-order valence-corrected chi connectivity index (χ4v) is 2.82. The topological polar surface area (TPSA) is 55.7 Å². The molecule has 1 saturated carbocycles. The number of aromatic hydroxyl groups is 1. The predicted molar refractivity (Wildman–Crippen MR) is 82.3 cm³/mol. The van der Waals surface area contributed by atoms with Gasteiger partial charge >= 0.3 is 0 Å². The van der Waals surface area contributed by atoms with Crippen molar-refractivity contribution in [1.82, 2.24) is 5.32 Å². The highest BCUT2D eigenvalue weighted by molar-refractivity contribution is 5.55. The lowest BCUT2D eigenvalue weighted by Gasteiger charge is -2.39. The SMILES string of the molecule is CCNC(C)c1ccc(N(CCO)C2CCC2)cc1O. The van der Waals surface area contributed by atoms with E-state index in [1.807, 2.05) is 12.1 Å². The van der Waals surface area contributed by atoms with Crippen molar-refractivity contribution in [3.63, 3.8) is 0 Å². The number of phenols is 1. The third-order valence-electron chi connectivity index (χ3n) is 4.18. The zero-order valence-corrected chi connectivity index (χ0v) is 12.5. The number of benzene rings is 1. The van der Waals surface area contributed by atoms with Gasteiger partial charge in [-0.05, 0) is 38.8 Å². The van der Waals surface area contributed by atoms with Crippen molar-refractivity contribution >= 4 is 5.69 Å². The lowest BCUT2D eigenvalue weighted by atomic mass is 9.91. The van der Waals surface area contributed by atoms with Gasteiger partial charge < -0.3 is 20.4 Å². The summed E-state index contributed by atoms with van der Waals surface area (Å²) in [5.74, 6) is 0.332. The largest absolute Gasteiger partial charge is 0.508 e. The van der Waals surface area contributed by atoms with E-state index in [1.165, 1.54) is 19.3 Å². The molecule has 112 valence electrons. The molecule has 1 fully saturated rings. The Morgan fingerprint density at radius 1 is 1.40 bits per heavy atom. The van der Waals surface area contributed by atoms with E-state index in [2.05, 4.69) is 30.1 Å². The van der Waals surface area contributed by atoms with Crippen LogP contribution in [0.25, 0.3) is 0 Å². The Kier molecular flexibility index (Phi) is 5.26. The Labute approximate surface area is 121 Å².